The largest absolute Gasteiger partial charge is 0.340 e. The number of aromatic amines is 1. The lowest BCUT2D eigenvalue weighted by Crippen LogP contribution is -2.62. The number of hydrogen-bond acceptors (Lipinski definition) is 5. The van der Waals surface area contributed by atoms with E-state index in [9.17, 15) is 9.59 Å². The number of amides is 1. The Morgan fingerprint density at radius 1 is 1.32 bits per heavy atom. The van der Waals surface area contributed by atoms with E-state index in [4.69, 9.17) is 0 Å². The van der Waals surface area contributed by atoms with Crippen LogP contribution >= 0.6 is 0 Å². The number of nitrogens with one attached hydrogen (secondary N) is 1. The van der Waals surface area contributed by atoms with Gasteiger partial charge in [-0.15, -0.1) is 0 Å². The zero-order valence-electron chi connectivity index (χ0n) is 13.2. The predicted molar refractivity (Wildman–Crippen MR) is 82.7 cm³/mol. The Morgan fingerprint density at radius 3 is 2.86 bits per heavy atom. The molecule has 2 fully saturated rings. The molecule has 0 unspecified atom stereocenters. The van der Waals surface area contributed by atoms with Gasteiger partial charge < -0.3 is 14.8 Å². The van der Waals surface area contributed by atoms with E-state index in [1.54, 1.807) is 6.92 Å². The summed E-state index contributed by atoms with van der Waals surface area (Å²) in [5.41, 5.74) is 0.232. The fourth-order valence-electron chi connectivity index (χ4n) is 3.25. The Bertz CT molecular complexity index is 614. The number of rotatable bonds is 2. The molecule has 2 aliphatic rings. The van der Waals surface area contributed by atoms with Crippen molar-refractivity contribution in [1.29, 1.82) is 0 Å². The lowest BCUT2D eigenvalue weighted by molar-refractivity contribution is -0.134. The van der Waals surface area contributed by atoms with Gasteiger partial charge >= 0.3 is 0 Å². The first-order valence-electron chi connectivity index (χ1n) is 7.78. The van der Waals surface area contributed by atoms with E-state index in [2.05, 4.69) is 26.8 Å². The number of hydrogen-bond donors (Lipinski definition) is 1. The molecule has 0 spiro atoms. The molecule has 0 aliphatic carbocycles. The Morgan fingerprint density at radius 2 is 2.09 bits per heavy atom. The van der Waals surface area contributed by atoms with Crippen LogP contribution in [0, 0.1) is 6.92 Å². The number of likely N-dealkylation sites (N-methyl/N-ethyl adjacent to an activating group) is 1. The fraction of sp³-hybridized carbons (Fsp3) is 0.667. The van der Waals surface area contributed by atoms with Crippen molar-refractivity contribution in [2.45, 2.75) is 19.4 Å². The molecular formula is C15H23N5O2. The van der Waals surface area contributed by atoms with Gasteiger partial charge in [-0.1, -0.05) is 0 Å². The van der Waals surface area contributed by atoms with Crippen molar-refractivity contribution in [3.05, 3.63) is 27.9 Å². The molecule has 2 saturated heterocycles. The molecule has 1 aromatic heterocycles. The van der Waals surface area contributed by atoms with Crippen molar-refractivity contribution in [2.75, 3.05) is 46.3 Å². The Kier molecular flexibility index (Phi) is 4.26. The number of aromatic nitrogens is 2. The van der Waals surface area contributed by atoms with Gasteiger partial charge in [0.15, 0.2) is 0 Å². The topological polar surface area (TPSA) is 72.5 Å². The average Bonchev–Trinajstić information content (AvgIpc) is 2.49. The Balaban J connectivity index is 1.64. The summed E-state index contributed by atoms with van der Waals surface area (Å²) in [5, 5.41) is 0. The van der Waals surface area contributed by atoms with Gasteiger partial charge in [-0.3, -0.25) is 14.5 Å². The number of carbonyl (C=O) groups excluding carboxylic acids is 1. The van der Waals surface area contributed by atoms with E-state index in [1.165, 1.54) is 6.20 Å². The molecule has 0 radical (unpaired) electrons. The highest BCUT2D eigenvalue weighted by Crippen LogP contribution is 2.15. The minimum atomic E-state index is -0.211. The molecule has 3 rings (SSSR count). The molecule has 2 aliphatic heterocycles. The standard InChI is InChI=1S/C15H23N5O2/c1-11-16-8-12(15(22)17-11)7-14(21)20-6-5-19-4-3-18(2)9-13(19)10-20/h8,13H,3-7,9-10H2,1-2H3,(H,16,17,22)/t13-/m1/s1. The molecule has 0 aromatic carbocycles. The van der Waals surface area contributed by atoms with Gasteiger partial charge in [-0.2, -0.15) is 0 Å². The van der Waals surface area contributed by atoms with Crippen LogP contribution in [0.25, 0.3) is 0 Å². The zero-order chi connectivity index (χ0) is 15.7. The number of piperazine rings is 2. The third kappa shape index (κ3) is 3.20. The van der Waals surface area contributed by atoms with Crippen molar-refractivity contribution < 1.29 is 4.79 Å². The summed E-state index contributed by atoms with van der Waals surface area (Å²) >= 11 is 0. The molecule has 22 heavy (non-hydrogen) atoms. The van der Waals surface area contributed by atoms with Crippen molar-refractivity contribution in [3.8, 4) is 0 Å². The van der Waals surface area contributed by atoms with Crippen molar-refractivity contribution >= 4 is 5.91 Å². The van der Waals surface area contributed by atoms with E-state index in [1.807, 2.05) is 4.90 Å². The normalized spacial score (nSPS) is 23.4. The number of carbonyl (C=O) groups is 1. The van der Waals surface area contributed by atoms with Gasteiger partial charge in [0.25, 0.3) is 5.56 Å². The summed E-state index contributed by atoms with van der Waals surface area (Å²) in [6.07, 6.45) is 1.64. The number of nitrogens with zero attached hydrogens (tertiary/aromatic N) is 4. The molecule has 120 valence electrons. The highest BCUT2D eigenvalue weighted by atomic mass is 16.2. The van der Waals surface area contributed by atoms with Crippen LogP contribution in [-0.4, -0.2) is 82.9 Å². The van der Waals surface area contributed by atoms with Crippen LogP contribution in [0.2, 0.25) is 0 Å². The van der Waals surface area contributed by atoms with Gasteiger partial charge in [-0.05, 0) is 14.0 Å². The molecular weight excluding hydrogens is 282 g/mol. The second-order valence-corrected chi connectivity index (χ2v) is 6.29. The third-order valence-electron chi connectivity index (χ3n) is 4.59. The molecule has 1 atom stereocenters. The van der Waals surface area contributed by atoms with Gasteiger partial charge in [0.2, 0.25) is 5.91 Å². The lowest BCUT2D eigenvalue weighted by atomic mass is 10.1. The lowest BCUT2D eigenvalue weighted by Gasteiger charge is -2.46. The third-order valence-corrected chi connectivity index (χ3v) is 4.59. The van der Waals surface area contributed by atoms with Crippen molar-refractivity contribution in [1.82, 2.24) is 24.7 Å². The molecule has 0 saturated carbocycles. The molecule has 1 aromatic rings. The average molecular weight is 305 g/mol. The second kappa shape index (κ2) is 6.18. The fourth-order valence-corrected chi connectivity index (χ4v) is 3.25. The number of aryl methyl sites for hydroxylation is 1. The molecule has 3 heterocycles. The van der Waals surface area contributed by atoms with Crippen LogP contribution < -0.4 is 5.56 Å². The summed E-state index contributed by atoms with van der Waals surface area (Å²) in [5.74, 6) is 0.587. The van der Waals surface area contributed by atoms with E-state index in [-0.39, 0.29) is 17.9 Å². The van der Waals surface area contributed by atoms with Crippen molar-refractivity contribution in [2.24, 2.45) is 0 Å². The molecule has 1 N–H and O–H groups in total. The van der Waals surface area contributed by atoms with Crippen LogP contribution in [-0.2, 0) is 11.2 Å². The molecule has 0 bridgehead atoms. The van der Waals surface area contributed by atoms with E-state index in [0.717, 1.165) is 39.3 Å². The van der Waals surface area contributed by atoms with E-state index >= 15 is 0 Å². The summed E-state index contributed by atoms with van der Waals surface area (Å²) < 4.78 is 0. The quantitative estimate of drug-likeness (QED) is 0.765. The minimum Gasteiger partial charge on any atom is -0.340 e. The summed E-state index contributed by atoms with van der Waals surface area (Å²) in [6, 6.07) is 0.408. The van der Waals surface area contributed by atoms with E-state index in [0.29, 0.717) is 17.4 Å². The van der Waals surface area contributed by atoms with Crippen LogP contribution in [0.15, 0.2) is 11.0 Å². The van der Waals surface area contributed by atoms with Gasteiger partial charge in [0, 0.05) is 57.1 Å². The number of fused-ring (bicyclic) bond motifs is 1. The maximum absolute atomic E-state index is 12.5. The van der Waals surface area contributed by atoms with Crippen molar-refractivity contribution in [3.63, 3.8) is 0 Å². The van der Waals surface area contributed by atoms with Crippen LogP contribution in [0.4, 0.5) is 0 Å². The predicted octanol–water partition coefficient (Wildman–Crippen LogP) is -0.921. The van der Waals surface area contributed by atoms with Crippen LogP contribution in [0.1, 0.15) is 11.4 Å². The first kappa shape index (κ1) is 15.2. The second-order valence-electron chi connectivity index (χ2n) is 6.29. The smallest absolute Gasteiger partial charge is 0.254 e. The monoisotopic (exact) mass is 305 g/mol. The molecule has 7 nitrogen and oxygen atoms in total. The Labute approximate surface area is 129 Å². The van der Waals surface area contributed by atoms with E-state index < -0.39 is 0 Å². The van der Waals surface area contributed by atoms with Gasteiger partial charge in [0.05, 0.1) is 6.42 Å². The highest BCUT2D eigenvalue weighted by molar-refractivity contribution is 5.78. The Hall–Kier alpha value is -1.73. The molecule has 1 amide bonds. The first-order valence-corrected chi connectivity index (χ1v) is 7.78. The summed E-state index contributed by atoms with van der Waals surface area (Å²) in [4.78, 5) is 37.7. The van der Waals surface area contributed by atoms with Crippen LogP contribution in [0.5, 0.6) is 0 Å². The first-order chi connectivity index (χ1) is 10.5. The maximum atomic E-state index is 12.5. The van der Waals surface area contributed by atoms with Gasteiger partial charge in [-0.25, -0.2) is 4.98 Å². The zero-order valence-corrected chi connectivity index (χ0v) is 13.2. The van der Waals surface area contributed by atoms with Crippen LogP contribution in [0.3, 0.4) is 0 Å². The SMILES string of the molecule is Cc1ncc(CC(=O)N2CCN3CCN(C)C[C@@H]3C2)c(=O)[nH]1. The van der Waals surface area contributed by atoms with Gasteiger partial charge in [0.1, 0.15) is 5.82 Å². The summed E-state index contributed by atoms with van der Waals surface area (Å²) in [6.45, 7) is 7.31. The molecule has 7 heteroatoms. The number of H-pyrrole nitrogens is 1. The minimum absolute atomic E-state index is 0.0176. The highest BCUT2D eigenvalue weighted by Gasteiger charge is 2.32. The maximum Gasteiger partial charge on any atom is 0.254 e. The summed E-state index contributed by atoms with van der Waals surface area (Å²) in [7, 11) is 2.12.